The van der Waals surface area contributed by atoms with E-state index in [-0.39, 0.29) is 12.1 Å². The summed E-state index contributed by atoms with van der Waals surface area (Å²) in [4.78, 5) is 11.5. The van der Waals surface area contributed by atoms with E-state index in [9.17, 15) is 4.79 Å². The van der Waals surface area contributed by atoms with E-state index in [0.717, 1.165) is 19.3 Å². The fourth-order valence-electron chi connectivity index (χ4n) is 1.94. The van der Waals surface area contributed by atoms with Gasteiger partial charge in [-0.25, -0.2) is 4.79 Å². The molecule has 1 fully saturated rings. The number of rotatable bonds is 2. The molecule has 0 heterocycles. The van der Waals surface area contributed by atoms with Gasteiger partial charge in [-0.15, -0.1) is 0 Å². The molecule has 0 aliphatic heterocycles. The van der Waals surface area contributed by atoms with Crippen LogP contribution in [0.2, 0.25) is 0 Å². The molecular weight excluding hydrogens is 192 g/mol. The van der Waals surface area contributed by atoms with Gasteiger partial charge in [0, 0.05) is 12.1 Å². The average molecular weight is 214 g/mol. The smallest absolute Gasteiger partial charge is 0.407 e. The zero-order chi connectivity index (χ0) is 11.5. The van der Waals surface area contributed by atoms with Crippen molar-refractivity contribution in [2.75, 3.05) is 7.05 Å². The summed E-state index contributed by atoms with van der Waals surface area (Å²) in [5.41, 5.74) is -0.419. The Hall–Kier alpha value is -0.770. The third kappa shape index (κ3) is 4.08. The second-order valence-corrected chi connectivity index (χ2v) is 5.08. The maximum atomic E-state index is 11.5. The molecule has 1 amide bonds. The molecule has 0 aromatic carbocycles. The summed E-state index contributed by atoms with van der Waals surface area (Å²) in [5.74, 6) is 0. The van der Waals surface area contributed by atoms with Crippen molar-refractivity contribution in [2.24, 2.45) is 0 Å². The largest absolute Gasteiger partial charge is 0.444 e. The predicted molar refractivity (Wildman–Crippen MR) is 59.9 cm³/mol. The van der Waals surface area contributed by atoms with Crippen LogP contribution in [0.1, 0.15) is 40.0 Å². The van der Waals surface area contributed by atoms with E-state index in [4.69, 9.17) is 4.74 Å². The highest BCUT2D eigenvalue weighted by molar-refractivity contribution is 5.68. The van der Waals surface area contributed by atoms with Gasteiger partial charge in [0.15, 0.2) is 0 Å². The van der Waals surface area contributed by atoms with Crippen LogP contribution >= 0.6 is 0 Å². The molecule has 0 saturated heterocycles. The maximum Gasteiger partial charge on any atom is 0.407 e. The van der Waals surface area contributed by atoms with E-state index in [0.29, 0.717) is 6.04 Å². The lowest BCUT2D eigenvalue weighted by atomic mass is 10.2. The molecule has 1 rings (SSSR count). The van der Waals surface area contributed by atoms with E-state index < -0.39 is 5.60 Å². The Kier molecular flexibility index (Phi) is 3.97. The molecule has 1 saturated carbocycles. The van der Waals surface area contributed by atoms with Gasteiger partial charge >= 0.3 is 6.09 Å². The van der Waals surface area contributed by atoms with E-state index in [1.165, 1.54) is 0 Å². The molecule has 4 nitrogen and oxygen atoms in total. The molecule has 88 valence electrons. The highest BCUT2D eigenvalue weighted by Crippen LogP contribution is 2.19. The quantitative estimate of drug-likeness (QED) is 0.735. The summed E-state index contributed by atoms with van der Waals surface area (Å²) < 4.78 is 5.21. The zero-order valence-electron chi connectivity index (χ0n) is 10.1. The topological polar surface area (TPSA) is 50.4 Å². The van der Waals surface area contributed by atoms with Crippen LogP contribution in [0.5, 0.6) is 0 Å². The summed E-state index contributed by atoms with van der Waals surface area (Å²) in [7, 11) is 1.93. The van der Waals surface area contributed by atoms with Crippen LogP contribution in [0.15, 0.2) is 0 Å². The van der Waals surface area contributed by atoms with Crippen LogP contribution in [0.4, 0.5) is 4.79 Å². The van der Waals surface area contributed by atoms with Crippen LogP contribution in [0.3, 0.4) is 0 Å². The molecule has 0 radical (unpaired) electrons. The number of hydrogen-bond acceptors (Lipinski definition) is 3. The maximum absolute atomic E-state index is 11.5. The molecule has 0 spiro atoms. The van der Waals surface area contributed by atoms with Crippen molar-refractivity contribution in [3.63, 3.8) is 0 Å². The summed E-state index contributed by atoms with van der Waals surface area (Å²) in [5, 5.41) is 6.12. The Morgan fingerprint density at radius 2 is 1.87 bits per heavy atom. The summed E-state index contributed by atoms with van der Waals surface area (Å²) in [6, 6.07) is 0.599. The van der Waals surface area contributed by atoms with Gasteiger partial charge in [-0.2, -0.15) is 0 Å². The van der Waals surface area contributed by atoms with Crippen LogP contribution in [-0.4, -0.2) is 30.8 Å². The van der Waals surface area contributed by atoms with Gasteiger partial charge < -0.3 is 15.4 Å². The fourth-order valence-corrected chi connectivity index (χ4v) is 1.94. The van der Waals surface area contributed by atoms with Crippen molar-refractivity contribution in [3.05, 3.63) is 0 Å². The van der Waals surface area contributed by atoms with E-state index in [2.05, 4.69) is 10.6 Å². The lowest BCUT2D eigenvalue weighted by Gasteiger charge is -2.24. The molecule has 2 atom stereocenters. The van der Waals surface area contributed by atoms with Crippen molar-refractivity contribution in [2.45, 2.75) is 57.7 Å². The Morgan fingerprint density at radius 1 is 1.27 bits per heavy atom. The lowest BCUT2D eigenvalue weighted by molar-refractivity contribution is 0.0499. The third-order valence-electron chi connectivity index (χ3n) is 2.59. The first-order valence-electron chi connectivity index (χ1n) is 5.59. The first-order chi connectivity index (χ1) is 6.92. The highest BCUT2D eigenvalue weighted by atomic mass is 16.6. The van der Waals surface area contributed by atoms with Gasteiger partial charge in [-0.1, -0.05) is 0 Å². The molecule has 15 heavy (non-hydrogen) atoms. The van der Waals surface area contributed by atoms with Crippen LogP contribution in [0.25, 0.3) is 0 Å². The number of nitrogens with one attached hydrogen (secondary N) is 2. The summed E-state index contributed by atoms with van der Waals surface area (Å²) >= 11 is 0. The normalized spacial score (nSPS) is 26.4. The third-order valence-corrected chi connectivity index (χ3v) is 2.59. The Morgan fingerprint density at radius 3 is 2.40 bits per heavy atom. The number of hydrogen-bond donors (Lipinski definition) is 2. The van der Waals surface area contributed by atoms with E-state index in [1.54, 1.807) is 0 Å². The fraction of sp³-hybridized carbons (Fsp3) is 0.909. The molecule has 1 aliphatic rings. The molecule has 0 unspecified atom stereocenters. The van der Waals surface area contributed by atoms with Gasteiger partial charge in [0.05, 0.1) is 0 Å². The second-order valence-electron chi connectivity index (χ2n) is 5.08. The van der Waals surface area contributed by atoms with Gasteiger partial charge in [-0.3, -0.25) is 0 Å². The highest BCUT2D eigenvalue weighted by Gasteiger charge is 2.28. The van der Waals surface area contributed by atoms with Crippen molar-refractivity contribution in [1.82, 2.24) is 10.6 Å². The van der Waals surface area contributed by atoms with E-state index in [1.807, 2.05) is 27.8 Å². The first-order valence-corrected chi connectivity index (χ1v) is 5.59. The minimum atomic E-state index is -0.419. The number of amides is 1. The number of likely N-dealkylation sites (N-methyl/N-ethyl adjacent to an activating group) is 1. The zero-order valence-corrected chi connectivity index (χ0v) is 10.1. The summed E-state index contributed by atoms with van der Waals surface area (Å²) in [6.07, 6.45) is 3.00. The van der Waals surface area contributed by atoms with Crippen LogP contribution < -0.4 is 10.6 Å². The van der Waals surface area contributed by atoms with Crippen LogP contribution in [0, 0.1) is 0 Å². The van der Waals surface area contributed by atoms with E-state index >= 15 is 0 Å². The molecular formula is C11H22N2O2. The minimum Gasteiger partial charge on any atom is -0.444 e. The lowest BCUT2D eigenvalue weighted by Crippen LogP contribution is -2.47. The Bertz CT molecular complexity index is 223. The molecule has 4 heteroatoms. The molecule has 0 aromatic heterocycles. The molecule has 2 N–H and O–H groups in total. The van der Waals surface area contributed by atoms with Gasteiger partial charge in [0.2, 0.25) is 0 Å². The monoisotopic (exact) mass is 214 g/mol. The van der Waals surface area contributed by atoms with Gasteiger partial charge in [0.25, 0.3) is 0 Å². The number of carbonyl (C=O) groups excluding carboxylic acids is 1. The van der Waals surface area contributed by atoms with Crippen molar-refractivity contribution >= 4 is 6.09 Å². The Balaban J connectivity index is 2.37. The van der Waals surface area contributed by atoms with Gasteiger partial charge in [0.1, 0.15) is 5.60 Å². The second kappa shape index (κ2) is 4.84. The van der Waals surface area contributed by atoms with Crippen molar-refractivity contribution < 1.29 is 9.53 Å². The minimum absolute atomic E-state index is 0.213. The number of carbonyl (C=O) groups is 1. The predicted octanol–water partition coefficient (Wildman–Crippen LogP) is 1.65. The van der Waals surface area contributed by atoms with Crippen molar-refractivity contribution in [1.29, 1.82) is 0 Å². The molecule has 0 aromatic rings. The number of alkyl carbamates (subject to hydrolysis) is 1. The molecule has 1 aliphatic carbocycles. The van der Waals surface area contributed by atoms with Gasteiger partial charge in [-0.05, 0) is 47.1 Å². The Labute approximate surface area is 91.8 Å². The molecule has 0 bridgehead atoms. The number of ether oxygens (including phenoxy) is 1. The summed E-state index contributed by atoms with van der Waals surface area (Å²) in [6.45, 7) is 5.62. The van der Waals surface area contributed by atoms with Crippen molar-refractivity contribution in [3.8, 4) is 0 Å². The SMILES string of the molecule is CN[C@H]1CCC[C@@H]1NC(=O)OC(C)(C)C. The van der Waals surface area contributed by atoms with Crippen LogP contribution in [-0.2, 0) is 4.74 Å². The standard InChI is InChI=1S/C11H22N2O2/c1-11(2,3)15-10(14)13-9-7-5-6-8(9)12-4/h8-9,12H,5-7H2,1-4H3,(H,13,14)/t8-,9-/m0/s1. The average Bonchev–Trinajstić information content (AvgIpc) is 2.48. The first kappa shape index (κ1) is 12.3.